The van der Waals surface area contributed by atoms with Crippen LogP contribution in [0.15, 0.2) is 27.9 Å². The zero-order valence-electron chi connectivity index (χ0n) is 12.8. The zero-order chi connectivity index (χ0) is 17.2. The molecule has 0 saturated heterocycles. The van der Waals surface area contributed by atoms with E-state index in [1.54, 1.807) is 0 Å². The number of fused-ring (bicyclic) bond motifs is 1. The maximum Gasteiger partial charge on any atom is 0.323 e. The molecule has 126 valence electrons. The summed E-state index contributed by atoms with van der Waals surface area (Å²) < 4.78 is 26.9. The first-order valence-corrected chi connectivity index (χ1v) is 8.62. The molecule has 2 aromatic rings. The highest BCUT2D eigenvalue weighted by atomic mass is 32.2. The van der Waals surface area contributed by atoms with Crippen LogP contribution in [0.3, 0.4) is 0 Å². The fourth-order valence-electron chi connectivity index (χ4n) is 2.31. The summed E-state index contributed by atoms with van der Waals surface area (Å²) in [5.74, 6) is -1.69. The van der Waals surface area contributed by atoms with E-state index in [0.717, 1.165) is 0 Å². The number of rotatable bonds is 7. The third-order valence-electron chi connectivity index (χ3n) is 3.42. The highest BCUT2D eigenvalue weighted by Crippen LogP contribution is 2.16. The molecule has 8 nitrogen and oxygen atoms in total. The van der Waals surface area contributed by atoms with Crippen LogP contribution < -0.4 is 10.4 Å². The van der Waals surface area contributed by atoms with Crippen molar-refractivity contribution in [3.8, 4) is 0 Å². The number of hydrogen-bond donors (Lipinski definition) is 4. The predicted molar refractivity (Wildman–Crippen MR) is 84.7 cm³/mol. The summed E-state index contributed by atoms with van der Waals surface area (Å²) in [6.07, 6.45) is 0.377. The number of carboxylic acids is 1. The van der Waals surface area contributed by atoms with E-state index < -0.39 is 27.6 Å². The van der Waals surface area contributed by atoms with Crippen LogP contribution in [0.4, 0.5) is 0 Å². The van der Waals surface area contributed by atoms with E-state index in [4.69, 9.17) is 5.11 Å². The molecule has 1 atom stereocenters. The molecule has 1 aromatic heterocycles. The monoisotopic (exact) mass is 341 g/mol. The molecule has 0 fully saturated rings. The molecule has 23 heavy (non-hydrogen) atoms. The molecule has 0 spiro atoms. The molecule has 4 N–H and O–H groups in total. The van der Waals surface area contributed by atoms with Gasteiger partial charge in [0.05, 0.1) is 21.8 Å². The van der Waals surface area contributed by atoms with Crippen molar-refractivity contribution in [1.82, 2.24) is 14.7 Å². The second-order valence-corrected chi connectivity index (χ2v) is 7.57. The van der Waals surface area contributed by atoms with Crippen LogP contribution in [0.25, 0.3) is 11.0 Å². The molecular formula is C14H19N3O5S. The molecule has 0 radical (unpaired) electrons. The van der Waals surface area contributed by atoms with Crippen LogP contribution in [-0.4, -0.2) is 36.0 Å². The fourth-order valence-corrected chi connectivity index (χ4v) is 3.42. The number of carbonyl (C=O) groups is 1. The average Bonchev–Trinajstić information content (AvgIpc) is 2.81. The molecule has 0 aliphatic carbocycles. The zero-order valence-corrected chi connectivity index (χ0v) is 13.6. The topological polar surface area (TPSA) is 132 Å². The third-order valence-corrected chi connectivity index (χ3v) is 4.84. The van der Waals surface area contributed by atoms with Crippen LogP contribution in [0.1, 0.15) is 20.3 Å². The summed E-state index contributed by atoms with van der Waals surface area (Å²) >= 11 is 0. The van der Waals surface area contributed by atoms with Crippen molar-refractivity contribution in [1.29, 1.82) is 0 Å². The van der Waals surface area contributed by atoms with Gasteiger partial charge < -0.3 is 15.1 Å². The minimum absolute atomic E-state index is 0.0334. The molecule has 0 aliphatic rings. The van der Waals surface area contributed by atoms with Crippen molar-refractivity contribution in [2.24, 2.45) is 11.8 Å². The van der Waals surface area contributed by atoms with Gasteiger partial charge in [-0.05, 0) is 30.5 Å². The Morgan fingerprint density at radius 3 is 2.52 bits per heavy atom. The Labute approximate surface area is 133 Å². The predicted octanol–water partition coefficient (Wildman–Crippen LogP) is 0.881. The van der Waals surface area contributed by atoms with Gasteiger partial charge in [0.15, 0.2) is 0 Å². The van der Waals surface area contributed by atoms with Gasteiger partial charge in [-0.1, -0.05) is 13.8 Å². The number of aromatic amines is 2. The molecule has 1 heterocycles. The summed E-state index contributed by atoms with van der Waals surface area (Å²) in [6, 6.07) is 4.16. The van der Waals surface area contributed by atoms with Gasteiger partial charge in [-0.3, -0.25) is 4.79 Å². The number of benzene rings is 1. The normalized spacial score (nSPS) is 13.5. The molecule has 0 saturated carbocycles. The first-order valence-electron chi connectivity index (χ1n) is 7.13. The lowest BCUT2D eigenvalue weighted by Crippen LogP contribution is -2.33. The van der Waals surface area contributed by atoms with Crippen molar-refractivity contribution < 1.29 is 18.3 Å². The van der Waals surface area contributed by atoms with E-state index >= 15 is 0 Å². The summed E-state index contributed by atoms with van der Waals surface area (Å²) in [7, 11) is -3.86. The van der Waals surface area contributed by atoms with E-state index in [0.29, 0.717) is 17.5 Å². The number of aromatic nitrogens is 2. The molecule has 0 bridgehead atoms. The van der Waals surface area contributed by atoms with Crippen molar-refractivity contribution in [3.05, 3.63) is 28.7 Å². The highest BCUT2D eigenvalue weighted by molar-refractivity contribution is 7.89. The smallest absolute Gasteiger partial charge is 0.323 e. The number of sulfonamides is 1. The number of imidazole rings is 1. The van der Waals surface area contributed by atoms with E-state index in [9.17, 15) is 18.0 Å². The Kier molecular flexibility index (Phi) is 4.90. The van der Waals surface area contributed by atoms with Crippen molar-refractivity contribution >= 4 is 27.0 Å². The van der Waals surface area contributed by atoms with E-state index in [2.05, 4.69) is 14.7 Å². The Hall–Kier alpha value is -2.13. The van der Waals surface area contributed by atoms with Crippen LogP contribution >= 0.6 is 0 Å². The quantitative estimate of drug-likeness (QED) is 0.593. The third kappa shape index (κ3) is 4.20. The summed E-state index contributed by atoms with van der Waals surface area (Å²) in [4.78, 5) is 27.4. The Balaban J connectivity index is 2.19. The molecule has 9 heteroatoms. The van der Waals surface area contributed by atoms with E-state index in [1.165, 1.54) is 18.2 Å². The first kappa shape index (κ1) is 17.2. The van der Waals surface area contributed by atoms with Gasteiger partial charge >= 0.3 is 11.7 Å². The molecular weight excluding hydrogens is 322 g/mol. The maximum atomic E-state index is 12.3. The van der Waals surface area contributed by atoms with Crippen molar-refractivity contribution in [2.75, 3.05) is 6.54 Å². The SMILES string of the molecule is CC(C)CC(CNS(=O)(=O)c1ccc2[nH]c(=O)[nH]c2c1)C(=O)O. The lowest BCUT2D eigenvalue weighted by Gasteiger charge is -2.15. The average molecular weight is 341 g/mol. The van der Waals surface area contributed by atoms with Crippen LogP contribution in [-0.2, 0) is 14.8 Å². The van der Waals surface area contributed by atoms with Gasteiger partial charge in [0.1, 0.15) is 0 Å². The van der Waals surface area contributed by atoms with Crippen LogP contribution in [0, 0.1) is 11.8 Å². The van der Waals surface area contributed by atoms with E-state index in [1.807, 2.05) is 13.8 Å². The lowest BCUT2D eigenvalue weighted by molar-refractivity contribution is -0.142. The second-order valence-electron chi connectivity index (χ2n) is 5.80. The van der Waals surface area contributed by atoms with Crippen LogP contribution in [0.5, 0.6) is 0 Å². The highest BCUT2D eigenvalue weighted by Gasteiger charge is 2.23. The Bertz CT molecular complexity index is 866. The molecule has 0 amide bonds. The van der Waals surface area contributed by atoms with Gasteiger partial charge in [-0.2, -0.15) is 0 Å². The van der Waals surface area contributed by atoms with Crippen molar-refractivity contribution in [3.63, 3.8) is 0 Å². The Morgan fingerprint density at radius 1 is 1.26 bits per heavy atom. The lowest BCUT2D eigenvalue weighted by atomic mass is 9.98. The molecule has 0 aliphatic heterocycles. The number of aliphatic carboxylic acids is 1. The number of nitrogens with one attached hydrogen (secondary N) is 3. The molecule has 1 unspecified atom stereocenters. The minimum Gasteiger partial charge on any atom is -0.481 e. The van der Waals surface area contributed by atoms with Gasteiger partial charge in [-0.15, -0.1) is 0 Å². The largest absolute Gasteiger partial charge is 0.481 e. The summed E-state index contributed by atoms with van der Waals surface area (Å²) in [5, 5.41) is 9.15. The van der Waals surface area contributed by atoms with Gasteiger partial charge in [0.2, 0.25) is 10.0 Å². The fraction of sp³-hybridized carbons (Fsp3) is 0.429. The summed E-state index contributed by atoms with van der Waals surface area (Å²) in [6.45, 7) is 3.57. The first-order chi connectivity index (χ1) is 10.7. The van der Waals surface area contributed by atoms with Gasteiger partial charge in [-0.25, -0.2) is 17.9 Å². The Morgan fingerprint density at radius 2 is 1.91 bits per heavy atom. The minimum atomic E-state index is -3.86. The molecule has 1 aromatic carbocycles. The standard InChI is InChI=1S/C14H19N3O5S/c1-8(2)5-9(13(18)19)7-15-23(21,22)10-3-4-11-12(6-10)17-14(20)16-11/h3-4,6,8-9,15H,5,7H2,1-2H3,(H,18,19)(H2,16,17,20). The second kappa shape index (κ2) is 6.55. The van der Waals surface area contributed by atoms with Crippen LogP contribution in [0.2, 0.25) is 0 Å². The van der Waals surface area contributed by atoms with Gasteiger partial charge in [0.25, 0.3) is 0 Å². The molecule has 2 rings (SSSR count). The van der Waals surface area contributed by atoms with Crippen molar-refractivity contribution in [2.45, 2.75) is 25.2 Å². The maximum absolute atomic E-state index is 12.3. The number of H-pyrrole nitrogens is 2. The van der Waals surface area contributed by atoms with E-state index in [-0.39, 0.29) is 17.4 Å². The number of hydrogen-bond acceptors (Lipinski definition) is 4. The summed E-state index contributed by atoms with van der Waals surface area (Å²) in [5.41, 5.74) is 0.442. The van der Waals surface area contributed by atoms with Gasteiger partial charge in [0, 0.05) is 6.54 Å². The number of carboxylic acid groups (broad SMARTS) is 1.